The molecule has 2 N–H and O–H groups in total. The predicted molar refractivity (Wildman–Crippen MR) is 80.3 cm³/mol. The van der Waals surface area contributed by atoms with E-state index in [1.54, 1.807) is 0 Å². The number of benzene rings is 1. The third-order valence-corrected chi connectivity index (χ3v) is 3.12. The molecule has 1 aromatic rings. The molecule has 0 aliphatic heterocycles. The second-order valence-corrected chi connectivity index (χ2v) is 5.61. The Morgan fingerprint density at radius 3 is 2.53 bits per heavy atom. The quantitative estimate of drug-likeness (QED) is 0.857. The lowest BCUT2D eigenvalue weighted by Crippen LogP contribution is -2.36. The summed E-state index contributed by atoms with van der Waals surface area (Å²) in [5.41, 5.74) is 8.60. The minimum Gasteiger partial charge on any atom is -0.338 e. The summed E-state index contributed by atoms with van der Waals surface area (Å²) in [6.07, 6.45) is 0.851. The van der Waals surface area contributed by atoms with Gasteiger partial charge in [-0.3, -0.25) is 4.79 Å². The minimum absolute atomic E-state index is 0.125. The highest BCUT2D eigenvalue weighted by molar-refractivity contribution is 5.95. The lowest BCUT2D eigenvalue weighted by Gasteiger charge is -2.25. The van der Waals surface area contributed by atoms with Gasteiger partial charge in [0.05, 0.1) is 0 Å². The SMILES string of the molecule is Cc1ccc(C(=O)N(CCCN)CC(C)C)c(C)c1. The standard InChI is InChI=1S/C16H26N2O/c1-12(2)11-18(9-5-8-17)16(19)15-7-6-13(3)10-14(15)4/h6-7,10,12H,5,8-9,11,17H2,1-4H3. The molecule has 0 fully saturated rings. The van der Waals surface area contributed by atoms with E-state index in [0.29, 0.717) is 12.5 Å². The lowest BCUT2D eigenvalue weighted by molar-refractivity contribution is 0.0734. The fourth-order valence-corrected chi connectivity index (χ4v) is 2.22. The first-order valence-electron chi connectivity index (χ1n) is 7.02. The number of rotatable bonds is 6. The van der Waals surface area contributed by atoms with Crippen LogP contribution in [0.25, 0.3) is 0 Å². The zero-order valence-corrected chi connectivity index (χ0v) is 12.6. The van der Waals surface area contributed by atoms with Crippen molar-refractivity contribution in [2.75, 3.05) is 19.6 Å². The number of hydrogen-bond donors (Lipinski definition) is 1. The van der Waals surface area contributed by atoms with Crippen molar-refractivity contribution in [1.29, 1.82) is 0 Å². The van der Waals surface area contributed by atoms with Crippen LogP contribution < -0.4 is 5.73 Å². The maximum Gasteiger partial charge on any atom is 0.254 e. The van der Waals surface area contributed by atoms with E-state index in [-0.39, 0.29) is 5.91 Å². The average Bonchev–Trinajstić information content (AvgIpc) is 2.33. The molecule has 1 rings (SSSR count). The maximum atomic E-state index is 12.6. The molecule has 1 amide bonds. The molecule has 0 aliphatic rings. The maximum absolute atomic E-state index is 12.6. The molecule has 19 heavy (non-hydrogen) atoms. The summed E-state index contributed by atoms with van der Waals surface area (Å²) in [6.45, 7) is 10.4. The number of nitrogens with two attached hydrogens (primary N) is 1. The van der Waals surface area contributed by atoms with Crippen LogP contribution in [0.2, 0.25) is 0 Å². The van der Waals surface area contributed by atoms with Crippen molar-refractivity contribution in [3.63, 3.8) is 0 Å². The molecule has 0 saturated carbocycles. The van der Waals surface area contributed by atoms with Gasteiger partial charge in [-0.15, -0.1) is 0 Å². The lowest BCUT2D eigenvalue weighted by atomic mass is 10.0. The number of carbonyl (C=O) groups is 1. The Balaban J connectivity index is 2.90. The zero-order valence-electron chi connectivity index (χ0n) is 12.6. The summed E-state index contributed by atoms with van der Waals surface area (Å²) in [6, 6.07) is 5.99. The second-order valence-electron chi connectivity index (χ2n) is 5.61. The van der Waals surface area contributed by atoms with Crippen molar-refractivity contribution < 1.29 is 4.79 Å². The van der Waals surface area contributed by atoms with Gasteiger partial charge in [-0.1, -0.05) is 31.5 Å². The van der Waals surface area contributed by atoms with Crippen LogP contribution in [-0.2, 0) is 0 Å². The van der Waals surface area contributed by atoms with Gasteiger partial charge in [0.2, 0.25) is 0 Å². The Morgan fingerprint density at radius 1 is 1.32 bits per heavy atom. The average molecular weight is 262 g/mol. The Hall–Kier alpha value is -1.35. The molecular formula is C16H26N2O. The molecule has 3 nitrogen and oxygen atoms in total. The molecular weight excluding hydrogens is 236 g/mol. The number of amides is 1. The molecule has 106 valence electrons. The van der Waals surface area contributed by atoms with Crippen LogP contribution in [0.3, 0.4) is 0 Å². The first-order chi connectivity index (χ1) is 8.95. The third kappa shape index (κ3) is 4.67. The zero-order chi connectivity index (χ0) is 14.4. The fraction of sp³-hybridized carbons (Fsp3) is 0.562. The molecule has 0 atom stereocenters. The van der Waals surface area contributed by atoms with Crippen LogP contribution in [0.5, 0.6) is 0 Å². The van der Waals surface area contributed by atoms with Crippen molar-refractivity contribution in [2.45, 2.75) is 34.1 Å². The van der Waals surface area contributed by atoms with E-state index in [9.17, 15) is 4.79 Å². The predicted octanol–water partition coefficient (Wildman–Crippen LogP) is 2.75. The fourth-order valence-electron chi connectivity index (χ4n) is 2.22. The summed E-state index contributed by atoms with van der Waals surface area (Å²) < 4.78 is 0. The van der Waals surface area contributed by atoms with Crippen molar-refractivity contribution >= 4 is 5.91 Å². The van der Waals surface area contributed by atoms with E-state index in [4.69, 9.17) is 5.73 Å². The molecule has 0 heterocycles. The molecule has 0 radical (unpaired) electrons. The summed E-state index contributed by atoms with van der Waals surface area (Å²) in [7, 11) is 0. The summed E-state index contributed by atoms with van der Waals surface area (Å²) >= 11 is 0. The largest absolute Gasteiger partial charge is 0.338 e. The second kappa shape index (κ2) is 7.29. The Morgan fingerprint density at radius 2 is 2.00 bits per heavy atom. The molecule has 0 aromatic heterocycles. The van der Waals surface area contributed by atoms with E-state index in [2.05, 4.69) is 19.9 Å². The number of carbonyl (C=O) groups excluding carboxylic acids is 1. The van der Waals surface area contributed by atoms with E-state index < -0.39 is 0 Å². The highest BCUT2D eigenvalue weighted by Crippen LogP contribution is 2.14. The summed E-state index contributed by atoms with van der Waals surface area (Å²) in [5.74, 6) is 0.590. The van der Waals surface area contributed by atoms with Crippen molar-refractivity contribution in [2.24, 2.45) is 11.7 Å². The highest BCUT2D eigenvalue weighted by Gasteiger charge is 2.18. The van der Waals surface area contributed by atoms with E-state index in [0.717, 1.165) is 30.6 Å². The normalized spacial score (nSPS) is 10.8. The van der Waals surface area contributed by atoms with Gasteiger partial charge in [-0.05, 0) is 44.4 Å². The molecule has 3 heteroatoms. The van der Waals surface area contributed by atoms with Crippen molar-refractivity contribution in [3.8, 4) is 0 Å². The van der Waals surface area contributed by atoms with Gasteiger partial charge in [0.25, 0.3) is 5.91 Å². The van der Waals surface area contributed by atoms with Gasteiger partial charge in [0.15, 0.2) is 0 Å². The topological polar surface area (TPSA) is 46.3 Å². The van der Waals surface area contributed by atoms with Gasteiger partial charge in [0, 0.05) is 18.7 Å². The van der Waals surface area contributed by atoms with E-state index >= 15 is 0 Å². The Bertz CT molecular complexity index is 427. The Kier molecular flexibility index (Phi) is 6.03. The summed E-state index contributed by atoms with van der Waals surface area (Å²) in [4.78, 5) is 14.5. The number of hydrogen-bond acceptors (Lipinski definition) is 2. The molecule has 0 aliphatic carbocycles. The minimum atomic E-state index is 0.125. The van der Waals surface area contributed by atoms with Crippen LogP contribution in [-0.4, -0.2) is 30.4 Å². The third-order valence-electron chi connectivity index (χ3n) is 3.12. The van der Waals surface area contributed by atoms with Gasteiger partial charge in [0.1, 0.15) is 0 Å². The van der Waals surface area contributed by atoms with Crippen molar-refractivity contribution in [3.05, 3.63) is 34.9 Å². The molecule has 0 saturated heterocycles. The van der Waals surface area contributed by atoms with Gasteiger partial charge in [-0.2, -0.15) is 0 Å². The van der Waals surface area contributed by atoms with Crippen molar-refractivity contribution in [1.82, 2.24) is 4.90 Å². The van der Waals surface area contributed by atoms with Gasteiger partial charge in [-0.25, -0.2) is 0 Å². The van der Waals surface area contributed by atoms with E-state index in [1.807, 2.05) is 30.9 Å². The number of nitrogens with zero attached hydrogens (tertiary/aromatic N) is 1. The van der Waals surface area contributed by atoms with Gasteiger partial charge >= 0.3 is 0 Å². The van der Waals surface area contributed by atoms with E-state index in [1.165, 1.54) is 5.56 Å². The molecule has 0 bridgehead atoms. The summed E-state index contributed by atoms with van der Waals surface area (Å²) in [5, 5.41) is 0. The van der Waals surface area contributed by atoms with Crippen LogP contribution in [0, 0.1) is 19.8 Å². The van der Waals surface area contributed by atoms with Crippen LogP contribution in [0.4, 0.5) is 0 Å². The monoisotopic (exact) mass is 262 g/mol. The smallest absolute Gasteiger partial charge is 0.254 e. The highest BCUT2D eigenvalue weighted by atomic mass is 16.2. The number of aryl methyl sites for hydroxylation is 2. The molecule has 0 spiro atoms. The Labute approximate surface area is 116 Å². The van der Waals surface area contributed by atoms with Crippen LogP contribution in [0.1, 0.15) is 41.8 Å². The first kappa shape index (κ1) is 15.7. The van der Waals surface area contributed by atoms with Crippen LogP contribution in [0.15, 0.2) is 18.2 Å². The first-order valence-corrected chi connectivity index (χ1v) is 7.02. The molecule has 0 unspecified atom stereocenters. The van der Waals surface area contributed by atoms with Gasteiger partial charge < -0.3 is 10.6 Å². The molecule has 1 aromatic carbocycles. The van der Waals surface area contributed by atoms with Crippen LogP contribution >= 0.6 is 0 Å².